The molecular weight excluding hydrogens is 448 g/mol. The zero-order valence-electron chi connectivity index (χ0n) is 19.9. The van der Waals surface area contributed by atoms with Crippen molar-refractivity contribution >= 4 is 18.0 Å². The van der Waals surface area contributed by atoms with E-state index in [9.17, 15) is 14.4 Å². The van der Waals surface area contributed by atoms with Gasteiger partial charge in [-0.2, -0.15) is 0 Å². The molecule has 2 aromatic carbocycles. The molecule has 1 aliphatic carbocycles. The van der Waals surface area contributed by atoms with E-state index in [1.165, 1.54) is 0 Å². The summed E-state index contributed by atoms with van der Waals surface area (Å²) in [6.45, 7) is 2.51. The second-order valence-corrected chi connectivity index (χ2v) is 9.10. The zero-order chi connectivity index (χ0) is 24.8. The molecule has 0 radical (unpaired) electrons. The molecule has 0 saturated carbocycles. The maximum atomic E-state index is 12.8. The van der Waals surface area contributed by atoms with Gasteiger partial charge < -0.3 is 25.2 Å². The van der Waals surface area contributed by atoms with Crippen LogP contribution in [0.3, 0.4) is 0 Å². The number of fused-ring (bicyclic) bond motifs is 3. The number of carboxylic acids is 1. The van der Waals surface area contributed by atoms with Crippen LogP contribution in [-0.2, 0) is 19.1 Å². The number of carbonyl (C=O) groups excluding carboxylic acids is 2. The number of carbonyl (C=O) groups is 3. The van der Waals surface area contributed by atoms with Gasteiger partial charge in [-0.3, -0.25) is 9.59 Å². The van der Waals surface area contributed by atoms with Gasteiger partial charge in [-0.1, -0.05) is 68.3 Å². The van der Waals surface area contributed by atoms with Gasteiger partial charge in [0.1, 0.15) is 6.61 Å². The van der Waals surface area contributed by atoms with Crippen LogP contribution in [0.1, 0.15) is 56.1 Å². The Labute approximate surface area is 205 Å². The third-order valence-corrected chi connectivity index (χ3v) is 6.67. The van der Waals surface area contributed by atoms with Gasteiger partial charge in [0.15, 0.2) is 6.10 Å². The summed E-state index contributed by atoms with van der Waals surface area (Å²) < 4.78 is 11.2. The fourth-order valence-electron chi connectivity index (χ4n) is 4.96. The molecule has 0 bridgehead atoms. The lowest BCUT2D eigenvalue weighted by atomic mass is 9.98. The van der Waals surface area contributed by atoms with Crippen LogP contribution in [-0.4, -0.2) is 54.5 Å². The smallest absolute Gasteiger partial charge is 0.407 e. The summed E-state index contributed by atoms with van der Waals surface area (Å²) in [6.07, 6.45) is 1.13. The summed E-state index contributed by atoms with van der Waals surface area (Å²) in [5.74, 6) is -1.43. The second kappa shape index (κ2) is 11.4. The van der Waals surface area contributed by atoms with Crippen molar-refractivity contribution in [1.82, 2.24) is 10.6 Å². The SMILES string of the molecule is CCCC[C@@H](CC(=O)O)NC(=O)[C@@H]1OCC[C@@H]1NC(=O)OCC1c2ccccc2-c2ccccc21. The number of alkyl carbamates (subject to hydrolysis) is 1. The highest BCUT2D eigenvalue weighted by Crippen LogP contribution is 2.44. The molecule has 8 nitrogen and oxygen atoms in total. The Bertz CT molecular complexity index is 1030. The summed E-state index contributed by atoms with van der Waals surface area (Å²) >= 11 is 0. The molecule has 3 N–H and O–H groups in total. The van der Waals surface area contributed by atoms with Crippen LogP contribution < -0.4 is 10.6 Å². The van der Waals surface area contributed by atoms with E-state index in [0.29, 0.717) is 19.4 Å². The summed E-state index contributed by atoms with van der Waals surface area (Å²) in [5, 5.41) is 14.7. The fraction of sp³-hybridized carbons (Fsp3) is 0.444. The quantitative estimate of drug-likeness (QED) is 0.476. The van der Waals surface area contributed by atoms with E-state index in [2.05, 4.69) is 34.9 Å². The highest BCUT2D eigenvalue weighted by molar-refractivity contribution is 5.84. The van der Waals surface area contributed by atoms with Crippen LogP contribution in [0.25, 0.3) is 11.1 Å². The number of rotatable bonds is 10. The number of hydrogen-bond donors (Lipinski definition) is 3. The van der Waals surface area contributed by atoms with E-state index in [-0.39, 0.29) is 18.9 Å². The third-order valence-electron chi connectivity index (χ3n) is 6.67. The largest absolute Gasteiger partial charge is 0.481 e. The van der Waals surface area contributed by atoms with Crippen molar-refractivity contribution in [2.45, 2.75) is 63.1 Å². The van der Waals surface area contributed by atoms with E-state index >= 15 is 0 Å². The molecule has 0 spiro atoms. The first-order chi connectivity index (χ1) is 17.0. The predicted octanol–water partition coefficient (Wildman–Crippen LogP) is 3.83. The van der Waals surface area contributed by atoms with E-state index in [0.717, 1.165) is 35.1 Å². The summed E-state index contributed by atoms with van der Waals surface area (Å²) in [5.41, 5.74) is 4.55. The number of hydrogen-bond acceptors (Lipinski definition) is 5. The molecule has 1 fully saturated rings. The van der Waals surface area contributed by atoms with E-state index in [1.807, 2.05) is 31.2 Å². The first kappa shape index (κ1) is 24.7. The lowest BCUT2D eigenvalue weighted by Crippen LogP contribution is -2.51. The minimum absolute atomic E-state index is 0.0533. The van der Waals surface area contributed by atoms with Gasteiger partial charge in [0.25, 0.3) is 5.91 Å². The van der Waals surface area contributed by atoms with Crippen LogP contribution >= 0.6 is 0 Å². The molecule has 0 unspecified atom stereocenters. The molecule has 4 rings (SSSR count). The van der Waals surface area contributed by atoms with Crippen molar-refractivity contribution in [3.05, 3.63) is 59.7 Å². The molecule has 1 heterocycles. The predicted molar refractivity (Wildman–Crippen MR) is 130 cm³/mol. The number of amides is 2. The molecule has 2 amide bonds. The number of ether oxygens (including phenoxy) is 2. The fourth-order valence-corrected chi connectivity index (χ4v) is 4.96. The van der Waals surface area contributed by atoms with Crippen LogP contribution in [0.4, 0.5) is 4.79 Å². The Kier molecular flexibility index (Phi) is 8.02. The van der Waals surface area contributed by atoms with Crippen molar-refractivity contribution in [3.63, 3.8) is 0 Å². The average molecular weight is 481 g/mol. The number of carboxylic acid groups (broad SMARTS) is 1. The van der Waals surface area contributed by atoms with Crippen molar-refractivity contribution < 1.29 is 29.0 Å². The maximum Gasteiger partial charge on any atom is 0.407 e. The van der Waals surface area contributed by atoms with Gasteiger partial charge >= 0.3 is 12.1 Å². The van der Waals surface area contributed by atoms with Gasteiger partial charge in [0.05, 0.1) is 12.5 Å². The Hall–Kier alpha value is -3.39. The molecule has 1 aliphatic heterocycles. The lowest BCUT2D eigenvalue weighted by molar-refractivity contribution is -0.138. The molecule has 0 aromatic heterocycles. The summed E-state index contributed by atoms with van der Waals surface area (Å²) in [7, 11) is 0. The van der Waals surface area contributed by atoms with Crippen LogP contribution in [0, 0.1) is 0 Å². The van der Waals surface area contributed by atoms with E-state index in [4.69, 9.17) is 14.6 Å². The van der Waals surface area contributed by atoms with Gasteiger partial charge in [-0.25, -0.2) is 4.79 Å². The molecular formula is C27H32N2O6. The maximum absolute atomic E-state index is 12.8. The van der Waals surface area contributed by atoms with Crippen molar-refractivity contribution in [1.29, 1.82) is 0 Å². The molecule has 2 aliphatic rings. The minimum atomic E-state index is -0.966. The first-order valence-corrected chi connectivity index (χ1v) is 12.2. The van der Waals surface area contributed by atoms with Crippen LogP contribution in [0.5, 0.6) is 0 Å². The molecule has 2 aromatic rings. The summed E-state index contributed by atoms with van der Waals surface area (Å²) in [6, 6.07) is 15.2. The van der Waals surface area contributed by atoms with Crippen LogP contribution in [0.2, 0.25) is 0 Å². The Morgan fingerprint density at radius 3 is 2.37 bits per heavy atom. The monoisotopic (exact) mass is 480 g/mol. The van der Waals surface area contributed by atoms with Gasteiger partial charge in [0, 0.05) is 18.6 Å². The standard InChI is InChI=1S/C27H32N2O6/c1-2-3-8-17(15-24(30)31)28-26(32)25-23(13-14-34-25)29-27(33)35-16-22-20-11-6-4-9-18(20)19-10-5-7-12-21(19)22/h4-7,9-12,17,22-23,25H,2-3,8,13-16H2,1H3,(H,28,32)(H,29,33)(H,30,31)/t17-,23-,25+/m0/s1. The number of aliphatic carboxylic acids is 1. The number of nitrogens with one attached hydrogen (secondary N) is 2. The van der Waals surface area contributed by atoms with Crippen molar-refractivity contribution in [3.8, 4) is 11.1 Å². The molecule has 186 valence electrons. The first-order valence-electron chi connectivity index (χ1n) is 12.2. The van der Waals surface area contributed by atoms with Gasteiger partial charge in [-0.15, -0.1) is 0 Å². The third kappa shape index (κ3) is 5.82. The highest BCUT2D eigenvalue weighted by atomic mass is 16.6. The van der Waals surface area contributed by atoms with E-state index < -0.39 is 36.2 Å². The van der Waals surface area contributed by atoms with Gasteiger partial charge in [0.2, 0.25) is 0 Å². The molecule has 3 atom stereocenters. The Morgan fingerprint density at radius 1 is 1.09 bits per heavy atom. The van der Waals surface area contributed by atoms with Gasteiger partial charge in [-0.05, 0) is 35.1 Å². The summed E-state index contributed by atoms with van der Waals surface area (Å²) in [4.78, 5) is 36.6. The average Bonchev–Trinajstić information content (AvgIpc) is 3.43. The highest BCUT2D eigenvalue weighted by Gasteiger charge is 2.37. The minimum Gasteiger partial charge on any atom is -0.481 e. The lowest BCUT2D eigenvalue weighted by Gasteiger charge is -2.23. The molecule has 8 heteroatoms. The number of unbranched alkanes of at least 4 members (excludes halogenated alkanes) is 1. The second-order valence-electron chi connectivity index (χ2n) is 9.10. The van der Waals surface area contributed by atoms with Crippen LogP contribution in [0.15, 0.2) is 48.5 Å². The zero-order valence-corrected chi connectivity index (χ0v) is 19.9. The Morgan fingerprint density at radius 2 is 1.74 bits per heavy atom. The topological polar surface area (TPSA) is 114 Å². The van der Waals surface area contributed by atoms with Crippen molar-refractivity contribution in [2.75, 3.05) is 13.2 Å². The molecule has 35 heavy (non-hydrogen) atoms. The van der Waals surface area contributed by atoms with Crippen molar-refractivity contribution in [2.24, 2.45) is 0 Å². The Balaban J connectivity index is 1.34. The van der Waals surface area contributed by atoms with E-state index in [1.54, 1.807) is 0 Å². The number of benzene rings is 2. The molecule has 1 saturated heterocycles. The normalized spacial score (nSPS) is 19.5.